The summed E-state index contributed by atoms with van der Waals surface area (Å²) in [6, 6.07) is 3.99. The molecule has 1 aromatic rings. The summed E-state index contributed by atoms with van der Waals surface area (Å²) in [5, 5.41) is 13.8. The van der Waals surface area contributed by atoms with Crippen LogP contribution in [0, 0.1) is 5.92 Å². The number of hydrogen-bond donors (Lipinski definition) is 2. The van der Waals surface area contributed by atoms with Crippen molar-refractivity contribution in [1.29, 1.82) is 0 Å². The van der Waals surface area contributed by atoms with E-state index in [2.05, 4.69) is 16.3 Å². The normalized spacial score (nSPS) is 29.7. The van der Waals surface area contributed by atoms with E-state index < -0.39 is 0 Å². The van der Waals surface area contributed by atoms with Crippen LogP contribution in [-0.4, -0.2) is 24.7 Å². The number of fused-ring (bicyclic) bond motifs is 2. The van der Waals surface area contributed by atoms with E-state index in [1.165, 1.54) is 42.6 Å². The van der Waals surface area contributed by atoms with Crippen LogP contribution in [0.15, 0.2) is 12.1 Å². The van der Waals surface area contributed by atoms with Crippen molar-refractivity contribution in [3.63, 3.8) is 0 Å². The lowest BCUT2D eigenvalue weighted by atomic mass is 9.82. The number of hydrogen-bond acceptors (Lipinski definition) is 3. The van der Waals surface area contributed by atoms with Crippen LogP contribution >= 0.6 is 0 Å². The third-order valence-electron chi connectivity index (χ3n) is 4.95. The van der Waals surface area contributed by atoms with Gasteiger partial charge in [-0.05, 0) is 36.3 Å². The Morgan fingerprint density at radius 1 is 1.28 bits per heavy atom. The lowest BCUT2D eigenvalue weighted by molar-refractivity contribution is 0.416. The molecule has 1 aliphatic carbocycles. The molecule has 3 nitrogen and oxygen atoms in total. The zero-order chi connectivity index (χ0) is 12.1. The molecule has 0 aromatic heterocycles. The first-order valence-corrected chi connectivity index (χ1v) is 7.15. The van der Waals surface area contributed by atoms with Crippen LogP contribution in [0.5, 0.6) is 5.75 Å². The maximum Gasteiger partial charge on any atom is 0.121 e. The van der Waals surface area contributed by atoms with Crippen LogP contribution in [0.4, 0.5) is 5.69 Å². The number of rotatable bonds is 0. The van der Waals surface area contributed by atoms with Gasteiger partial charge in [0, 0.05) is 37.4 Å². The number of phenols is 1. The van der Waals surface area contributed by atoms with Gasteiger partial charge >= 0.3 is 0 Å². The number of benzene rings is 1. The lowest BCUT2D eigenvalue weighted by Gasteiger charge is -2.39. The van der Waals surface area contributed by atoms with Crippen molar-refractivity contribution in [1.82, 2.24) is 5.32 Å². The fourth-order valence-electron chi connectivity index (χ4n) is 4.17. The number of nitrogens with one attached hydrogen (secondary N) is 1. The summed E-state index contributed by atoms with van der Waals surface area (Å²) >= 11 is 0. The molecule has 0 saturated heterocycles. The van der Waals surface area contributed by atoms with E-state index in [0.717, 1.165) is 25.6 Å². The molecule has 0 amide bonds. The van der Waals surface area contributed by atoms with Gasteiger partial charge in [-0.3, -0.25) is 0 Å². The highest BCUT2D eigenvalue weighted by Crippen LogP contribution is 2.51. The number of phenolic OH excluding ortho intramolecular Hbond substituents is 1. The Labute approximate surface area is 108 Å². The maximum atomic E-state index is 10.3. The van der Waals surface area contributed by atoms with E-state index in [1.807, 2.05) is 6.07 Å². The van der Waals surface area contributed by atoms with Gasteiger partial charge in [-0.25, -0.2) is 0 Å². The predicted molar refractivity (Wildman–Crippen MR) is 72.1 cm³/mol. The fourth-order valence-corrected chi connectivity index (χ4v) is 4.17. The zero-order valence-electron chi connectivity index (χ0n) is 10.7. The van der Waals surface area contributed by atoms with Crippen molar-refractivity contribution < 1.29 is 5.11 Å². The van der Waals surface area contributed by atoms with E-state index in [1.54, 1.807) is 0 Å². The van der Waals surface area contributed by atoms with E-state index in [4.69, 9.17) is 0 Å². The summed E-state index contributed by atoms with van der Waals surface area (Å²) in [6.45, 7) is 4.26. The van der Waals surface area contributed by atoms with E-state index in [0.29, 0.717) is 11.7 Å². The standard InChI is InChI=1S/C15H20N2O/c18-13-5-4-10-8-16-6-7-17-9-11-2-1-3-12(11)14(13)15(10)17/h4-5,11-12,16,18H,1-3,6-9H2. The van der Waals surface area contributed by atoms with Crippen molar-refractivity contribution in [3.8, 4) is 5.75 Å². The second kappa shape index (κ2) is 3.89. The first-order chi connectivity index (χ1) is 8.84. The van der Waals surface area contributed by atoms with Crippen molar-refractivity contribution >= 4 is 5.69 Å². The highest BCUT2D eigenvalue weighted by molar-refractivity contribution is 5.68. The second-order valence-corrected chi connectivity index (χ2v) is 5.93. The number of aromatic hydroxyl groups is 1. The molecule has 0 radical (unpaired) electrons. The van der Waals surface area contributed by atoms with Gasteiger partial charge in [-0.15, -0.1) is 0 Å². The summed E-state index contributed by atoms with van der Waals surface area (Å²) in [6.07, 6.45) is 3.91. The molecule has 0 bridgehead atoms. The quantitative estimate of drug-likeness (QED) is 0.734. The average Bonchev–Trinajstić information content (AvgIpc) is 2.74. The minimum absolute atomic E-state index is 0.525. The molecule has 0 spiro atoms. The van der Waals surface area contributed by atoms with Crippen LogP contribution < -0.4 is 10.2 Å². The molecule has 3 heteroatoms. The first-order valence-electron chi connectivity index (χ1n) is 7.15. The summed E-state index contributed by atoms with van der Waals surface area (Å²) in [5.74, 6) is 1.89. The van der Waals surface area contributed by atoms with Crippen LogP contribution in [0.1, 0.15) is 36.3 Å². The smallest absolute Gasteiger partial charge is 0.121 e. The van der Waals surface area contributed by atoms with Crippen molar-refractivity contribution in [2.24, 2.45) is 5.92 Å². The van der Waals surface area contributed by atoms with Gasteiger partial charge in [0.1, 0.15) is 5.75 Å². The van der Waals surface area contributed by atoms with Gasteiger partial charge in [0.05, 0.1) is 0 Å². The van der Waals surface area contributed by atoms with E-state index in [9.17, 15) is 5.11 Å². The molecule has 2 aliphatic heterocycles. The molecular formula is C15H20N2O. The Morgan fingerprint density at radius 3 is 3.17 bits per heavy atom. The van der Waals surface area contributed by atoms with E-state index >= 15 is 0 Å². The molecule has 1 fully saturated rings. The van der Waals surface area contributed by atoms with Crippen LogP contribution in [0.25, 0.3) is 0 Å². The first kappa shape index (κ1) is 10.7. The third-order valence-corrected chi connectivity index (χ3v) is 4.95. The fraction of sp³-hybridized carbons (Fsp3) is 0.600. The third kappa shape index (κ3) is 1.40. The molecule has 2 heterocycles. The summed E-state index contributed by atoms with van der Waals surface area (Å²) in [7, 11) is 0. The summed E-state index contributed by atoms with van der Waals surface area (Å²) < 4.78 is 0. The molecule has 3 aliphatic rings. The van der Waals surface area contributed by atoms with Crippen LogP contribution in [-0.2, 0) is 6.54 Å². The van der Waals surface area contributed by atoms with Crippen molar-refractivity contribution in [2.75, 3.05) is 24.5 Å². The van der Waals surface area contributed by atoms with E-state index in [-0.39, 0.29) is 0 Å². The topological polar surface area (TPSA) is 35.5 Å². The molecule has 18 heavy (non-hydrogen) atoms. The maximum absolute atomic E-state index is 10.3. The van der Waals surface area contributed by atoms with Gasteiger partial charge in [0.2, 0.25) is 0 Å². The largest absolute Gasteiger partial charge is 0.508 e. The van der Waals surface area contributed by atoms with Crippen LogP contribution in [0.3, 0.4) is 0 Å². The van der Waals surface area contributed by atoms with Crippen molar-refractivity contribution in [3.05, 3.63) is 23.3 Å². The van der Waals surface area contributed by atoms with Crippen molar-refractivity contribution in [2.45, 2.75) is 31.7 Å². The SMILES string of the molecule is Oc1ccc2c3c1C1CCCC1CN3CCNC2. The molecule has 96 valence electrons. The highest BCUT2D eigenvalue weighted by atomic mass is 16.3. The Hall–Kier alpha value is -1.22. The highest BCUT2D eigenvalue weighted by Gasteiger charge is 2.39. The van der Waals surface area contributed by atoms with Gasteiger partial charge in [-0.2, -0.15) is 0 Å². The Bertz CT molecular complexity index is 486. The molecule has 1 aromatic carbocycles. The summed E-state index contributed by atoms with van der Waals surface area (Å²) in [4.78, 5) is 2.51. The van der Waals surface area contributed by atoms with Crippen LogP contribution in [0.2, 0.25) is 0 Å². The molecular weight excluding hydrogens is 224 g/mol. The minimum Gasteiger partial charge on any atom is -0.508 e. The van der Waals surface area contributed by atoms with Gasteiger partial charge in [0.15, 0.2) is 0 Å². The summed E-state index contributed by atoms with van der Waals surface area (Å²) in [5.41, 5.74) is 3.97. The molecule has 4 rings (SSSR count). The molecule has 2 N–H and O–H groups in total. The molecule has 2 atom stereocenters. The second-order valence-electron chi connectivity index (χ2n) is 5.93. The van der Waals surface area contributed by atoms with Gasteiger partial charge < -0.3 is 15.3 Å². The average molecular weight is 244 g/mol. The predicted octanol–water partition coefficient (Wildman–Crippen LogP) is 2.20. The Balaban J connectivity index is 1.93. The number of nitrogens with zero attached hydrogens (tertiary/aromatic N) is 1. The Kier molecular flexibility index (Phi) is 2.31. The lowest BCUT2D eigenvalue weighted by Crippen LogP contribution is -2.38. The number of anilines is 1. The van der Waals surface area contributed by atoms with Gasteiger partial charge in [0.25, 0.3) is 0 Å². The monoisotopic (exact) mass is 244 g/mol. The zero-order valence-corrected chi connectivity index (χ0v) is 10.7. The van der Waals surface area contributed by atoms with Gasteiger partial charge in [-0.1, -0.05) is 12.5 Å². The minimum atomic E-state index is 0.525. The molecule has 2 unspecified atom stereocenters. The molecule has 1 saturated carbocycles. The Morgan fingerprint density at radius 2 is 2.22 bits per heavy atom.